The third-order valence-electron chi connectivity index (χ3n) is 3.19. The molecule has 0 saturated heterocycles. The lowest BCUT2D eigenvalue weighted by molar-refractivity contribution is 0.899. The number of hydrogen-bond donors (Lipinski definition) is 2. The number of nitrogens with zero attached hydrogens (tertiary/aromatic N) is 6. The Morgan fingerprint density at radius 3 is 1.65 bits per heavy atom. The van der Waals surface area contributed by atoms with Crippen LogP contribution in [0, 0.1) is 0 Å². The van der Waals surface area contributed by atoms with Gasteiger partial charge in [0.2, 0.25) is 0 Å². The minimum Gasteiger partial charge on any atom is -0.262 e. The van der Waals surface area contributed by atoms with Gasteiger partial charge in [-0.2, -0.15) is 10.2 Å². The zero-order valence-corrected chi connectivity index (χ0v) is 12.0. The molecule has 0 unspecified atom stereocenters. The van der Waals surface area contributed by atoms with E-state index in [1.54, 1.807) is 12.4 Å². The molecule has 0 amide bonds. The SMILES string of the molecule is c1ccc(-c2n[nH]c(Cc3nc(-c4ccccn4)n[nH]3)n2)nc1. The summed E-state index contributed by atoms with van der Waals surface area (Å²) in [5.74, 6) is 2.50. The van der Waals surface area contributed by atoms with E-state index in [2.05, 4.69) is 40.3 Å². The van der Waals surface area contributed by atoms with Gasteiger partial charge < -0.3 is 0 Å². The van der Waals surface area contributed by atoms with Crippen LogP contribution in [0.15, 0.2) is 48.8 Å². The number of H-pyrrole nitrogens is 2. The monoisotopic (exact) mass is 304 g/mol. The summed E-state index contributed by atoms with van der Waals surface area (Å²) in [4.78, 5) is 17.3. The Morgan fingerprint density at radius 1 is 0.696 bits per heavy atom. The molecular formula is C15H12N8. The van der Waals surface area contributed by atoms with Gasteiger partial charge in [0, 0.05) is 12.4 Å². The third-order valence-corrected chi connectivity index (χ3v) is 3.19. The van der Waals surface area contributed by atoms with Crippen LogP contribution in [-0.4, -0.2) is 40.3 Å². The van der Waals surface area contributed by atoms with Crippen LogP contribution in [0.3, 0.4) is 0 Å². The third kappa shape index (κ3) is 2.82. The minimum atomic E-state index is 0.472. The molecule has 112 valence electrons. The van der Waals surface area contributed by atoms with Crippen molar-refractivity contribution < 1.29 is 0 Å². The predicted octanol–water partition coefficient (Wildman–Crippen LogP) is 1.64. The van der Waals surface area contributed by atoms with E-state index in [1.807, 2.05) is 36.4 Å². The van der Waals surface area contributed by atoms with Gasteiger partial charge in [0.05, 0.1) is 6.42 Å². The number of hydrogen-bond acceptors (Lipinski definition) is 6. The molecule has 0 saturated carbocycles. The zero-order valence-electron chi connectivity index (χ0n) is 12.0. The quantitative estimate of drug-likeness (QED) is 0.593. The molecule has 8 nitrogen and oxygen atoms in total. The van der Waals surface area contributed by atoms with Crippen LogP contribution < -0.4 is 0 Å². The smallest absolute Gasteiger partial charge is 0.199 e. The fourth-order valence-electron chi connectivity index (χ4n) is 2.13. The Kier molecular flexibility index (Phi) is 3.32. The second-order valence-electron chi connectivity index (χ2n) is 4.82. The molecule has 0 aliphatic carbocycles. The first kappa shape index (κ1) is 13.3. The Morgan fingerprint density at radius 2 is 1.22 bits per heavy atom. The summed E-state index contributed by atoms with van der Waals surface area (Å²) in [6.45, 7) is 0. The molecule has 4 rings (SSSR count). The van der Waals surface area contributed by atoms with Crippen LogP contribution in [0.2, 0.25) is 0 Å². The van der Waals surface area contributed by atoms with Gasteiger partial charge in [-0.3, -0.25) is 20.2 Å². The summed E-state index contributed by atoms with van der Waals surface area (Å²) < 4.78 is 0. The molecule has 0 fully saturated rings. The van der Waals surface area contributed by atoms with Crippen molar-refractivity contribution in [3.63, 3.8) is 0 Å². The van der Waals surface area contributed by atoms with E-state index in [-0.39, 0.29) is 0 Å². The lowest BCUT2D eigenvalue weighted by Gasteiger charge is -1.92. The van der Waals surface area contributed by atoms with E-state index in [9.17, 15) is 0 Å². The van der Waals surface area contributed by atoms with Crippen molar-refractivity contribution in [1.29, 1.82) is 0 Å². The summed E-state index contributed by atoms with van der Waals surface area (Å²) in [7, 11) is 0. The highest BCUT2D eigenvalue weighted by molar-refractivity contribution is 5.48. The van der Waals surface area contributed by atoms with Crippen LogP contribution >= 0.6 is 0 Å². The second-order valence-corrected chi connectivity index (χ2v) is 4.82. The number of rotatable bonds is 4. The van der Waals surface area contributed by atoms with Crippen molar-refractivity contribution in [3.05, 3.63) is 60.4 Å². The number of nitrogens with one attached hydrogen (secondary N) is 2. The highest BCUT2D eigenvalue weighted by Crippen LogP contribution is 2.13. The van der Waals surface area contributed by atoms with E-state index < -0.39 is 0 Å². The number of aromatic nitrogens is 8. The molecule has 0 aliphatic heterocycles. The van der Waals surface area contributed by atoms with E-state index in [0.29, 0.717) is 29.7 Å². The fourth-order valence-corrected chi connectivity index (χ4v) is 2.13. The first-order valence-electron chi connectivity index (χ1n) is 7.04. The maximum atomic E-state index is 4.43. The van der Waals surface area contributed by atoms with Crippen molar-refractivity contribution in [2.45, 2.75) is 6.42 Å². The average Bonchev–Trinajstić information content (AvgIpc) is 3.27. The molecule has 23 heavy (non-hydrogen) atoms. The molecule has 0 bridgehead atoms. The Hall–Kier alpha value is -3.42. The van der Waals surface area contributed by atoms with Gasteiger partial charge in [-0.05, 0) is 24.3 Å². The van der Waals surface area contributed by atoms with Crippen LogP contribution in [0.25, 0.3) is 23.0 Å². The Balaban J connectivity index is 1.53. The lowest BCUT2D eigenvalue weighted by atomic mass is 10.3. The number of aromatic amines is 2. The maximum absolute atomic E-state index is 4.43. The molecule has 0 aliphatic rings. The van der Waals surface area contributed by atoms with E-state index in [4.69, 9.17) is 0 Å². The van der Waals surface area contributed by atoms with Crippen LogP contribution in [0.4, 0.5) is 0 Å². The normalized spacial score (nSPS) is 10.8. The van der Waals surface area contributed by atoms with Crippen molar-refractivity contribution in [1.82, 2.24) is 40.3 Å². The van der Waals surface area contributed by atoms with Crippen molar-refractivity contribution >= 4 is 0 Å². The first-order chi connectivity index (χ1) is 11.4. The van der Waals surface area contributed by atoms with E-state index in [1.165, 1.54) is 0 Å². The Labute approximate surface area is 131 Å². The van der Waals surface area contributed by atoms with Gasteiger partial charge in [0.1, 0.15) is 23.0 Å². The molecule has 0 aromatic carbocycles. The molecule has 0 spiro atoms. The number of pyridine rings is 2. The molecule has 4 aromatic rings. The topological polar surface area (TPSA) is 109 Å². The van der Waals surface area contributed by atoms with E-state index >= 15 is 0 Å². The lowest BCUT2D eigenvalue weighted by Crippen LogP contribution is -1.93. The summed E-state index contributed by atoms with van der Waals surface area (Å²) in [5.41, 5.74) is 1.45. The van der Waals surface area contributed by atoms with Gasteiger partial charge >= 0.3 is 0 Å². The van der Waals surface area contributed by atoms with E-state index in [0.717, 1.165) is 11.4 Å². The highest BCUT2D eigenvalue weighted by Gasteiger charge is 2.11. The summed E-state index contributed by atoms with van der Waals surface area (Å²) in [6.07, 6.45) is 3.89. The zero-order chi connectivity index (χ0) is 15.5. The van der Waals surface area contributed by atoms with Crippen molar-refractivity contribution in [2.75, 3.05) is 0 Å². The summed E-state index contributed by atoms with van der Waals surface area (Å²) in [5, 5.41) is 14.1. The first-order valence-corrected chi connectivity index (χ1v) is 7.04. The molecule has 4 aromatic heterocycles. The van der Waals surface area contributed by atoms with Gasteiger partial charge in [-0.15, -0.1) is 0 Å². The molecule has 4 heterocycles. The maximum Gasteiger partial charge on any atom is 0.199 e. The summed E-state index contributed by atoms with van der Waals surface area (Å²) >= 11 is 0. The second kappa shape index (κ2) is 5.76. The fraction of sp³-hybridized carbons (Fsp3) is 0.0667. The minimum absolute atomic E-state index is 0.472. The van der Waals surface area contributed by atoms with Crippen LogP contribution in [0.5, 0.6) is 0 Å². The summed E-state index contributed by atoms with van der Waals surface area (Å²) in [6, 6.07) is 11.2. The molecular weight excluding hydrogens is 292 g/mol. The van der Waals surface area contributed by atoms with Gasteiger partial charge in [0.15, 0.2) is 11.6 Å². The predicted molar refractivity (Wildman–Crippen MR) is 82.0 cm³/mol. The average molecular weight is 304 g/mol. The molecule has 8 heteroatoms. The van der Waals surface area contributed by atoms with Crippen molar-refractivity contribution in [2.24, 2.45) is 0 Å². The largest absolute Gasteiger partial charge is 0.262 e. The molecule has 2 N–H and O–H groups in total. The van der Waals surface area contributed by atoms with Crippen LogP contribution in [-0.2, 0) is 6.42 Å². The molecule has 0 atom stereocenters. The van der Waals surface area contributed by atoms with Gasteiger partial charge in [-0.1, -0.05) is 12.1 Å². The highest BCUT2D eigenvalue weighted by atomic mass is 15.2. The molecule has 0 radical (unpaired) electrons. The Bertz CT molecular complexity index is 822. The standard InChI is InChI=1S/C15H12N8/c1-3-7-16-10(5-1)14-18-12(20-22-14)9-13-19-15(23-21-13)11-6-2-4-8-17-11/h1-8H,9H2,(H,18,20,22)(H,19,21,23). The van der Waals surface area contributed by atoms with Crippen molar-refractivity contribution in [3.8, 4) is 23.0 Å². The van der Waals surface area contributed by atoms with Gasteiger partial charge in [0.25, 0.3) is 0 Å². The van der Waals surface area contributed by atoms with Crippen LogP contribution in [0.1, 0.15) is 11.6 Å². The van der Waals surface area contributed by atoms with Gasteiger partial charge in [-0.25, -0.2) is 9.97 Å².